The van der Waals surface area contributed by atoms with Crippen LogP contribution in [0.5, 0.6) is 0 Å². The van der Waals surface area contributed by atoms with E-state index in [0.717, 1.165) is 6.42 Å². The van der Waals surface area contributed by atoms with Crippen LogP contribution in [0.15, 0.2) is 30.3 Å². The Morgan fingerprint density at radius 2 is 1.77 bits per heavy atom. The molecule has 122 valence electrons. The minimum absolute atomic E-state index is 0.0207. The van der Waals surface area contributed by atoms with Crippen LogP contribution < -0.4 is 5.32 Å². The van der Waals surface area contributed by atoms with Gasteiger partial charge in [0.25, 0.3) is 0 Å². The van der Waals surface area contributed by atoms with Gasteiger partial charge in [0.15, 0.2) is 0 Å². The second kappa shape index (κ2) is 8.57. The van der Waals surface area contributed by atoms with Crippen molar-refractivity contribution in [1.82, 2.24) is 10.2 Å². The van der Waals surface area contributed by atoms with Crippen molar-refractivity contribution < 1.29 is 9.59 Å². The summed E-state index contributed by atoms with van der Waals surface area (Å²) in [7, 11) is 0. The van der Waals surface area contributed by atoms with Gasteiger partial charge in [-0.25, -0.2) is 0 Å². The van der Waals surface area contributed by atoms with Crippen molar-refractivity contribution in [3.05, 3.63) is 35.9 Å². The van der Waals surface area contributed by atoms with Crippen LogP contribution in [0, 0.1) is 5.41 Å². The molecule has 2 amide bonds. The van der Waals surface area contributed by atoms with Crippen molar-refractivity contribution in [2.24, 2.45) is 5.41 Å². The molecule has 0 unspecified atom stereocenters. The average Bonchev–Trinajstić information content (AvgIpc) is 2.48. The zero-order valence-corrected chi connectivity index (χ0v) is 14.2. The standard InChI is InChI=1S/C18H28N2O2/c1-5-20(14-12-15-9-7-6-8-10-15)16(21)11-13-19-17(22)18(2,3)4/h6-10H,5,11-14H2,1-4H3,(H,19,22). The van der Waals surface area contributed by atoms with Crippen molar-refractivity contribution in [1.29, 1.82) is 0 Å². The van der Waals surface area contributed by atoms with E-state index in [0.29, 0.717) is 26.1 Å². The van der Waals surface area contributed by atoms with Gasteiger partial charge in [-0.15, -0.1) is 0 Å². The van der Waals surface area contributed by atoms with Crippen LogP contribution in [-0.4, -0.2) is 36.3 Å². The average molecular weight is 304 g/mol. The van der Waals surface area contributed by atoms with E-state index < -0.39 is 5.41 Å². The van der Waals surface area contributed by atoms with Crippen LogP contribution in [-0.2, 0) is 16.0 Å². The molecule has 1 aromatic carbocycles. The number of nitrogens with zero attached hydrogens (tertiary/aromatic N) is 1. The molecule has 0 saturated heterocycles. The number of nitrogens with one attached hydrogen (secondary N) is 1. The molecule has 1 aromatic rings. The zero-order valence-electron chi connectivity index (χ0n) is 14.2. The van der Waals surface area contributed by atoms with Crippen LogP contribution in [0.25, 0.3) is 0 Å². The van der Waals surface area contributed by atoms with Crippen molar-refractivity contribution in [3.63, 3.8) is 0 Å². The number of hydrogen-bond acceptors (Lipinski definition) is 2. The van der Waals surface area contributed by atoms with Gasteiger partial charge < -0.3 is 10.2 Å². The van der Waals surface area contributed by atoms with Gasteiger partial charge in [-0.1, -0.05) is 51.1 Å². The summed E-state index contributed by atoms with van der Waals surface area (Å²) in [5.74, 6) is 0.0697. The number of carbonyl (C=O) groups is 2. The van der Waals surface area contributed by atoms with E-state index in [9.17, 15) is 9.59 Å². The molecule has 0 aromatic heterocycles. The lowest BCUT2D eigenvalue weighted by Crippen LogP contribution is -2.39. The van der Waals surface area contributed by atoms with Gasteiger partial charge in [0, 0.05) is 31.5 Å². The summed E-state index contributed by atoms with van der Waals surface area (Å²) in [5.41, 5.74) is 0.815. The molecule has 0 spiro atoms. The number of benzene rings is 1. The van der Waals surface area contributed by atoms with Gasteiger partial charge in [-0.2, -0.15) is 0 Å². The molecule has 1 rings (SSSR count). The molecule has 0 heterocycles. The Balaban J connectivity index is 2.37. The van der Waals surface area contributed by atoms with Crippen LogP contribution in [0.2, 0.25) is 0 Å². The highest BCUT2D eigenvalue weighted by atomic mass is 16.2. The lowest BCUT2D eigenvalue weighted by Gasteiger charge is -2.22. The molecule has 0 aliphatic rings. The van der Waals surface area contributed by atoms with E-state index in [4.69, 9.17) is 0 Å². The molecule has 0 aliphatic carbocycles. The highest BCUT2D eigenvalue weighted by Crippen LogP contribution is 2.12. The maximum Gasteiger partial charge on any atom is 0.225 e. The van der Waals surface area contributed by atoms with Gasteiger partial charge >= 0.3 is 0 Å². The predicted molar refractivity (Wildman–Crippen MR) is 89.5 cm³/mol. The molecule has 0 fully saturated rings. The van der Waals surface area contributed by atoms with E-state index in [1.807, 2.05) is 50.8 Å². The largest absolute Gasteiger partial charge is 0.355 e. The van der Waals surface area contributed by atoms with E-state index in [2.05, 4.69) is 17.4 Å². The van der Waals surface area contributed by atoms with E-state index in [1.54, 1.807) is 0 Å². The first-order valence-corrected chi connectivity index (χ1v) is 7.94. The van der Waals surface area contributed by atoms with Gasteiger partial charge in [0.2, 0.25) is 11.8 Å². The minimum Gasteiger partial charge on any atom is -0.355 e. The molecule has 0 bridgehead atoms. The van der Waals surface area contributed by atoms with Crippen LogP contribution in [0.4, 0.5) is 0 Å². The predicted octanol–water partition coefficient (Wildman–Crippen LogP) is 2.63. The molecule has 0 atom stereocenters. The van der Waals surface area contributed by atoms with Gasteiger partial charge in [0.1, 0.15) is 0 Å². The Hall–Kier alpha value is -1.84. The maximum atomic E-state index is 12.2. The number of carbonyl (C=O) groups excluding carboxylic acids is 2. The maximum absolute atomic E-state index is 12.2. The Labute approximate surface area is 133 Å². The molecule has 4 heteroatoms. The summed E-state index contributed by atoms with van der Waals surface area (Å²) in [4.78, 5) is 25.8. The van der Waals surface area contributed by atoms with Crippen molar-refractivity contribution in [2.75, 3.05) is 19.6 Å². The first kappa shape index (κ1) is 18.2. The summed E-state index contributed by atoms with van der Waals surface area (Å²) in [5, 5.41) is 2.82. The lowest BCUT2D eigenvalue weighted by atomic mass is 9.96. The highest BCUT2D eigenvalue weighted by Gasteiger charge is 2.21. The summed E-state index contributed by atoms with van der Waals surface area (Å²) in [6.07, 6.45) is 1.21. The van der Waals surface area contributed by atoms with E-state index in [-0.39, 0.29) is 11.8 Å². The molecule has 0 saturated carbocycles. The van der Waals surface area contributed by atoms with Gasteiger partial charge in [-0.3, -0.25) is 9.59 Å². The van der Waals surface area contributed by atoms with Crippen LogP contribution >= 0.6 is 0 Å². The quantitative estimate of drug-likeness (QED) is 0.842. The van der Waals surface area contributed by atoms with Gasteiger partial charge in [0.05, 0.1) is 0 Å². The van der Waals surface area contributed by atoms with Gasteiger partial charge in [-0.05, 0) is 18.9 Å². The third kappa shape index (κ3) is 6.29. The fourth-order valence-electron chi connectivity index (χ4n) is 2.07. The van der Waals surface area contributed by atoms with Crippen LogP contribution in [0.1, 0.15) is 39.7 Å². The first-order valence-electron chi connectivity index (χ1n) is 7.94. The second-order valence-electron chi connectivity index (χ2n) is 6.46. The summed E-state index contributed by atoms with van der Waals surface area (Å²) < 4.78 is 0. The third-order valence-electron chi connectivity index (χ3n) is 3.55. The minimum atomic E-state index is -0.416. The summed E-state index contributed by atoms with van der Waals surface area (Å²) >= 11 is 0. The van der Waals surface area contributed by atoms with Crippen molar-refractivity contribution in [3.8, 4) is 0 Å². The molecule has 0 aliphatic heterocycles. The Kier molecular flexibility index (Phi) is 7.09. The number of rotatable bonds is 7. The van der Waals surface area contributed by atoms with Crippen molar-refractivity contribution in [2.45, 2.75) is 40.5 Å². The number of hydrogen-bond donors (Lipinski definition) is 1. The topological polar surface area (TPSA) is 49.4 Å². The lowest BCUT2D eigenvalue weighted by molar-refractivity contribution is -0.131. The molecule has 0 radical (unpaired) electrons. The van der Waals surface area contributed by atoms with E-state index >= 15 is 0 Å². The molecule has 22 heavy (non-hydrogen) atoms. The SMILES string of the molecule is CCN(CCc1ccccc1)C(=O)CCNC(=O)C(C)(C)C. The Morgan fingerprint density at radius 1 is 1.14 bits per heavy atom. The fraction of sp³-hybridized carbons (Fsp3) is 0.556. The fourth-order valence-corrected chi connectivity index (χ4v) is 2.07. The molecular formula is C18H28N2O2. The summed E-state index contributed by atoms with van der Waals surface area (Å²) in [6.45, 7) is 9.38. The normalized spacial score (nSPS) is 11.1. The zero-order chi connectivity index (χ0) is 16.6. The molecular weight excluding hydrogens is 276 g/mol. The Morgan fingerprint density at radius 3 is 2.32 bits per heavy atom. The second-order valence-corrected chi connectivity index (χ2v) is 6.46. The Bertz CT molecular complexity index is 478. The monoisotopic (exact) mass is 304 g/mol. The van der Waals surface area contributed by atoms with E-state index in [1.165, 1.54) is 5.56 Å². The first-order chi connectivity index (χ1) is 10.3. The molecule has 4 nitrogen and oxygen atoms in total. The highest BCUT2D eigenvalue weighted by molar-refractivity contribution is 5.82. The van der Waals surface area contributed by atoms with Crippen LogP contribution in [0.3, 0.4) is 0 Å². The third-order valence-corrected chi connectivity index (χ3v) is 3.55. The molecule has 1 N–H and O–H groups in total. The van der Waals surface area contributed by atoms with Crippen molar-refractivity contribution >= 4 is 11.8 Å². The number of likely N-dealkylation sites (N-methyl/N-ethyl adjacent to an activating group) is 1. The summed E-state index contributed by atoms with van der Waals surface area (Å²) in [6, 6.07) is 10.2. The smallest absolute Gasteiger partial charge is 0.225 e. The number of amides is 2.